The van der Waals surface area contributed by atoms with Crippen LogP contribution in [-0.2, 0) is 0 Å². The first kappa shape index (κ1) is 12.3. The normalized spacial score (nSPS) is 15.9. The van der Waals surface area contributed by atoms with Gasteiger partial charge in [0, 0.05) is 14.9 Å². The van der Waals surface area contributed by atoms with Crippen LogP contribution in [0.2, 0.25) is 0 Å². The van der Waals surface area contributed by atoms with Gasteiger partial charge in [-0.05, 0) is 0 Å². The highest BCUT2D eigenvalue weighted by Crippen LogP contribution is 2.42. The lowest BCUT2D eigenvalue weighted by atomic mass is 9.82. The fourth-order valence-electron chi connectivity index (χ4n) is 0.605. The number of rotatable bonds is 2. The highest BCUT2D eigenvalue weighted by atomic mass is 127. The van der Waals surface area contributed by atoms with Crippen LogP contribution in [0.1, 0.15) is 20.8 Å². The molecule has 0 fully saturated rings. The van der Waals surface area contributed by atoms with Crippen molar-refractivity contribution in [3.8, 4) is 0 Å². The molecule has 0 aromatic rings. The van der Waals surface area contributed by atoms with Gasteiger partial charge in [0.15, 0.2) is 0 Å². The third kappa shape index (κ3) is 2.64. The summed E-state index contributed by atoms with van der Waals surface area (Å²) >= 11 is 1.98. The summed E-state index contributed by atoms with van der Waals surface area (Å²) in [6, 6.07) is 0. The van der Waals surface area contributed by atoms with E-state index < -0.39 is 17.2 Å². The molecule has 0 aromatic heterocycles. The number of hydrogen-bond acceptors (Lipinski definition) is 0. The van der Waals surface area contributed by atoms with Crippen LogP contribution in [-0.4, -0.2) is 10.1 Å². The number of alkyl halides is 4. The van der Waals surface area contributed by atoms with Crippen LogP contribution < -0.4 is 0 Å². The zero-order valence-electron chi connectivity index (χ0n) is 7.30. The Balaban J connectivity index is 4.70. The minimum Gasteiger partial charge on any atom is -0.166 e. The van der Waals surface area contributed by atoms with Gasteiger partial charge in [0.05, 0.1) is 0 Å². The van der Waals surface area contributed by atoms with Gasteiger partial charge in [-0.25, -0.2) is 0 Å². The first-order valence-electron chi connectivity index (χ1n) is 3.50. The third-order valence-corrected chi connectivity index (χ3v) is 3.67. The van der Waals surface area contributed by atoms with Crippen molar-refractivity contribution < 1.29 is 13.2 Å². The SMILES string of the molecule is C=C(C(F)(F)F)C(C)(C)C(C)I. The summed E-state index contributed by atoms with van der Waals surface area (Å²) in [6.45, 7) is 7.95. The van der Waals surface area contributed by atoms with E-state index in [0.29, 0.717) is 0 Å². The Kier molecular flexibility index (Phi) is 3.63. The van der Waals surface area contributed by atoms with Crippen LogP contribution in [0.25, 0.3) is 0 Å². The van der Waals surface area contributed by atoms with E-state index in [-0.39, 0.29) is 3.92 Å². The van der Waals surface area contributed by atoms with E-state index in [1.54, 1.807) is 20.8 Å². The van der Waals surface area contributed by atoms with Gasteiger partial charge in [-0.15, -0.1) is 0 Å². The van der Waals surface area contributed by atoms with Crippen LogP contribution in [0.4, 0.5) is 13.2 Å². The largest absolute Gasteiger partial charge is 0.412 e. The lowest BCUT2D eigenvalue weighted by Gasteiger charge is -2.31. The molecule has 0 heterocycles. The average Bonchev–Trinajstić information content (AvgIpc) is 1.83. The topological polar surface area (TPSA) is 0 Å². The smallest absolute Gasteiger partial charge is 0.166 e. The van der Waals surface area contributed by atoms with Crippen LogP contribution >= 0.6 is 22.6 Å². The van der Waals surface area contributed by atoms with Crippen LogP contribution in [0.5, 0.6) is 0 Å². The van der Waals surface area contributed by atoms with Crippen LogP contribution in [0.15, 0.2) is 12.2 Å². The van der Waals surface area contributed by atoms with Gasteiger partial charge in [-0.2, -0.15) is 13.2 Å². The summed E-state index contributed by atoms with van der Waals surface area (Å²) in [5.74, 6) is 0. The second-order valence-corrected chi connectivity index (χ2v) is 5.18. The lowest BCUT2D eigenvalue weighted by molar-refractivity contribution is -0.104. The van der Waals surface area contributed by atoms with Gasteiger partial charge in [0.1, 0.15) is 0 Å². The maximum absolute atomic E-state index is 12.2. The van der Waals surface area contributed by atoms with Gasteiger partial charge < -0.3 is 0 Å². The molecule has 1 unspecified atom stereocenters. The monoisotopic (exact) mass is 292 g/mol. The van der Waals surface area contributed by atoms with Crippen LogP contribution in [0.3, 0.4) is 0 Å². The molecule has 0 amide bonds. The van der Waals surface area contributed by atoms with Gasteiger partial charge in [-0.3, -0.25) is 0 Å². The highest BCUT2D eigenvalue weighted by molar-refractivity contribution is 14.1. The van der Waals surface area contributed by atoms with Crippen molar-refractivity contribution in [2.24, 2.45) is 5.41 Å². The molecule has 0 saturated heterocycles. The lowest BCUT2D eigenvalue weighted by Crippen LogP contribution is -2.31. The molecule has 0 nitrogen and oxygen atoms in total. The third-order valence-electron chi connectivity index (χ3n) is 2.11. The Morgan fingerprint density at radius 1 is 1.33 bits per heavy atom. The fraction of sp³-hybridized carbons (Fsp3) is 0.750. The van der Waals surface area contributed by atoms with Crippen molar-refractivity contribution in [1.29, 1.82) is 0 Å². The van der Waals surface area contributed by atoms with Gasteiger partial charge in [0.2, 0.25) is 0 Å². The second kappa shape index (κ2) is 3.55. The first-order chi connectivity index (χ1) is 5.10. The van der Waals surface area contributed by atoms with E-state index in [1.165, 1.54) is 0 Å². The van der Waals surface area contributed by atoms with Crippen molar-refractivity contribution >= 4 is 22.6 Å². The predicted molar refractivity (Wildman–Crippen MR) is 52.5 cm³/mol. The standard InChI is InChI=1S/C8H12F3I/c1-5(8(9,10)11)7(3,4)6(2)12/h6H,1H2,2-4H3. The maximum Gasteiger partial charge on any atom is 0.412 e. The zero-order valence-corrected chi connectivity index (χ0v) is 9.45. The Hall–Kier alpha value is 0.260. The van der Waals surface area contributed by atoms with E-state index in [9.17, 15) is 13.2 Å². The summed E-state index contributed by atoms with van der Waals surface area (Å²) in [7, 11) is 0. The van der Waals surface area contributed by atoms with Crippen molar-refractivity contribution in [3.63, 3.8) is 0 Å². The molecule has 0 aliphatic rings. The second-order valence-electron chi connectivity index (χ2n) is 3.31. The molecule has 0 aliphatic carbocycles. The molecule has 1 atom stereocenters. The summed E-state index contributed by atoms with van der Waals surface area (Å²) < 4.78 is 36.5. The van der Waals surface area contributed by atoms with Gasteiger partial charge in [0.25, 0.3) is 0 Å². The molecule has 4 heteroatoms. The Bertz CT molecular complexity index is 179. The molecule has 0 aromatic carbocycles. The number of hydrogen-bond donors (Lipinski definition) is 0. The van der Waals surface area contributed by atoms with E-state index in [1.807, 2.05) is 22.6 Å². The first-order valence-corrected chi connectivity index (χ1v) is 4.75. The van der Waals surface area contributed by atoms with E-state index in [0.717, 1.165) is 0 Å². The Morgan fingerprint density at radius 3 is 1.75 bits per heavy atom. The number of halogens is 4. The number of allylic oxidation sites excluding steroid dienone is 1. The van der Waals surface area contributed by atoms with E-state index in [2.05, 4.69) is 6.58 Å². The minimum absolute atomic E-state index is 0.0933. The Labute approximate surface area is 84.4 Å². The van der Waals surface area contributed by atoms with Crippen molar-refractivity contribution in [1.82, 2.24) is 0 Å². The molecule has 12 heavy (non-hydrogen) atoms. The summed E-state index contributed by atoms with van der Waals surface area (Å²) in [6.07, 6.45) is -4.27. The quantitative estimate of drug-likeness (QED) is 0.410. The zero-order chi connectivity index (χ0) is 10.2. The molecule has 0 radical (unpaired) electrons. The minimum atomic E-state index is -4.27. The summed E-state index contributed by atoms with van der Waals surface area (Å²) in [5, 5.41) is 0. The molecule has 0 N–H and O–H groups in total. The summed E-state index contributed by atoms with van der Waals surface area (Å²) in [5.41, 5.74) is -1.55. The maximum atomic E-state index is 12.2. The molecule has 0 spiro atoms. The van der Waals surface area contributed by atoms with E-state index >= 15 is 0 Å². The molecule has 0 rings (SSSR count). The molecule has 0 bridgehead atoms. The predicted octanol–water partition coefficient (Wildman–Crippen LogP) is 3.95. The van der Waals surface area contributed by atoms with Crippen molar-refractivity contribution in [3.05, 3.63) is 12.2 Å². The molecule has 72 valence electrons. The Morgan fingerprint density at radius 2 is 1.67 bits per heavy atom. The molecule has 0 aliphatic heterocycles. The molecular weight excluding hydrogens is 280 g/mol. The van der Waals surface area contributed by atoms with E-state index in [4.69, 9.17) is 0 Å². The van der Waals surface area contributed by atoms with Crippen LogP contribution in [0, 0.1) is 5.41 Å². The molecular formula is C8H12F3I. The fourth-order valence-corrected chi connectivity index (χ4v) is 0.981. The summed E-state index contributed by atoms with van der Waals surface area (Å²) in [4.78, 5) is 0. The average molecular weight is 292 g/mol. The molecule has 0 saturated carbocycles. The van der Waals surface area contributed by atoms with Gasteiger partial charge >= 0.3 is 6.18 Å². The van der Waals surface area contributed by atoms with Crippen molar-refractivity contribution in [2.75, 3.05) is 0 Å². The highest BCUT2D eigenvalue weighted by Gasteiger charge is 2.43. The van der Waals surface area contributed by atoms with Crippen molar-refractivity contribution in [2.45, 2.75) is 30.9 Å². The van der Waals surface area contributed by atoms with Gasteiger partial charge in [-0.1, -0.05) is 49.9 Å².